The molecule has 0 aliphatic carbocycles. The van der Waals surface area contributed by atoms with Gasteiger partial charge in [0, 0.05) is 6.54 Å². The van der Waals surface area contributed by atoms with Crippen LogP contribution < -0.4 is 10.6 Å². The van der Waals surface area contributed by atoms with Crippen molar-refractivity contribution in [3.05, 3.63) is 59.5 Å². The minimum Gasteiger partial charge on any atom is -0.466 e. The fraction of sp³-hybridized carbons (Fsp3) is 0.450. The van der Waals surface area contributed by atoms with Gasteiger partial charge in [-0.2, -0.15) is 0 Å². The zero-order chi connectivity index (χ0) is 18.3. The van der Waals surface area contributed by atoms with E-state index in [9.17, 15) is 5.11 Å². The summed E-state index contributed by atoms with van der Waals surface area (Å²) in [5, 5.41) is 17.2. The lowest BCUT2D eigenvalue weighted by Gasteiger charge is -2.22. The number of aliphatic imine (C=N–C) groups is 1. The molecule has 1 aromatic carbocycles. The van der Waals surface area contributed by atoms with E-state index in [1.165, 1.54) is 11.1 Å². The summed E-state index contributed by atoms with van der Waals surface area (Å²) in [6.07, 6.45) is 2.59. The first kappa shape index (κ1) is 22.5. The van der Waals surface area contributed by atoms with Gasteiger partial charge in [0.2, 0.25) is 0 Å². The van der Waals surface area contributed by atoms with Crippen LogP contribution in [-0.2, 0) is 12.0 Å². The van der Waals surface area contributed by atoms with Crippen molar-refractivity contribution < 1.29 is 9.52 Å². The Morgan fingerprint density at radius 3 is 2.46 bits per heavy atom. The molecule has 1 aromatic heterocycles. The van der Waals surface area contributed by atoms with Gasteiger partial charge in [0.25, 0.3) is 0 Å². The minimum atomic E-state index is -1.14. The monoisotopic (exact) mass is 471 g/mol. The summed E-state index contributed by atoms with van der Waals surface area (Å²) in [6.45, 7) is 8.91. The van der Waals surface area contributed by atoms with Crippen LogP contribution in [0.15, 0.2) is 52.1 Å². The number of nitrogens with one attached hydrogen (secondary N) is 2. The summed E-state index contributed by atoms with van der Waals surface area (Å²) in [4.78, 5) is 4.52. The van der Waals surface area contributed by atoms with Crippen LogP contribution in [0.5, 0.6) is 0 Å². The van der Waals surface area contributed by atoms with Gasteiger partial charge in [-0.25, -0.2) is 4.99 Å². The third kappa shape index (κ3) is 6.32. The van der Waals surface area contributed by atoms with E-state index in [0.717, 1.165) is 13.0 Å². The molecule has 26 heavy (non-hydrogen) atoms. The van der Waals surface area contributed by atoms with Crippen LogP contribution in [0.1, 0.15) is 50.6 Å². The lowest BCUT2D eigenvalue weighted by atomic mass is 10.0. The summed E-state index contributed by atoms with van der Waals surface area (Å²) >= 11 is 0. The molecule has 5 nitrogen and oxygen atoms in total. The van der Waals surface area contributed by atoms with Crippen LogP contribution in [0.2, 0.25) is 0 Å². The summed E-state index contributed by atoms with van der Waals surface area (Å²) in [6, 6.07) is 12.2. The predicted octanol–water partition coefficient (Wildman–Crippen LogP) is 3.98. The van der Waals surface area contributed by atoms with E-state index in [1.54, 1.807) is 25.3 Å². The lowest BCUT2D eigenvalue weighted by Crippen LogP contribution is -2.40. The number of halogens is 1. The highest BCUT2D eigenvalue weighted by atomic mass is 127. The molecule has 0 amide bonds. The lowest BCUT2D eigenvalue weighted by molar-refractivity contribution is 0.0437. The highest BCUT2D eigenvalue weighted by Crippen LogP contribution is 2.21. The van der Waals surface area contributed by atoms with Crippen LogP contribution in [0.4, 0.5) is 0 Å². The molecule has 0 saturated carbocycles. The zero-order valence-corrected chi connectivity index (χ0v) is 18.3. The molecule has 0 fully saturated rings. The van der Waals surface area contributed by atoms with E-state index < -0.39 is 5.60 Å². The number of furan rings is 1. The Morgan fingerprint density at radius 1 is 1.23 bits per heavy atom. The number of hydrogen-bond donors (Lipinski definition) is 3. The maximum absolute atomic E-state index is 10.5. The second-order valence-electron chi connectivity index (χ2n) is 6.41. The molecule has 2 aromatic rings. The summed E-state index contributed by atoms with van der Waals surface area (Å²) in [5.41, 5.74) is 1.38. The number of aliphatic hydroxyl groups is 1. The molecule has 1 heterocycles. The van der Waals surface area contributed by atoms with E-state index in [0.29, 0.717) is 11.7 Å². The highest BCUT2D eigenvalue weighted by Gasteiger charge is 2.26. The van der Waals surface area contributed by atoms with Crippen LogP contribution >= 0.6 is 24.0 Å². The van der Waals surface area contributed by atoms with E-state index >= 15 is 0 Å². The summed E-state index contributed by atoms with van der Waals surface area (Å²) in [7, 11) is 0. The molecule has 0 aliphatic heterocycles. The van der Waals surface area contributed by atoms with E-state index in [-0.39, 0.29) is 36.6 Å². The van der Waals surface area contributed by atoms with Crippen molar-refractivity contribution in [3.8, 4) is 0 Å². The molecule has 0 radical (unpaired) electrons. The Balaban J connectivity index is 0.00000338. The number of aryl methyl sites for hydroxylation is 1. The van der Waals surface area contributed by atoms with Crippen molar-refractivity contribution >= 4 is 29.9 Å². The first-order valence-electron chi connectivity index (χ1n) is 8.86. The Kier molecular flexibility index (Phi) is 9.15. The van der Waals surface area contributed by atoms with Gasteiger partial charge in [0.15, 0.2) is 5.96 Å². The van der Waals surface area contributed by atoms with Gasteiger partial charge in [-0.1, -0.05) is 31.2 Å². The Labute approximate surface area is 173 Å². The second kappa shape index (κ2) is 10.6. The molecule has 0 saturated heterocycles. The number of rotatable bonds is 7. The standard InChI is InChI=1S/C20H29N3O2.HI/c1-5-16-9-11-17(12-10-16)15(3)23-19(21-6-2)22-14-20(4,24)18-8-7-13-25-18;/h7-13,15,24H,5-6,14H2,1-4H3,(H2,21,22,23);1H. The normalized spacial score (nSPS) is 14.9. The molecule has 0 aliphatic rings. The summed E-state index contributed by atoms with van der Waals surface area (Å²) < 4.78 is 5.30. The number of nitrogens with zero attached hydrogens (tertiary/aromatic N) is 1. The zero-order valence-electron chi connectivity index (χ0n) is 16.0. The quantitative estimate of drug-likeness (QED) is 0.325. The first-order chi connectivity index (χ1) is 12.0. The third-order valence-corrected chi connectivity index (χ3v) is 4.18. The largest absolute Gasteiger partial charge is 0.466 e. The van der Waals surface area contributed by atoms with E-state index in [4.69, 9.17) is 4.42 Å². The Bertz CT molecular complexity index is 667. The fourth-order valence-electron chi connectivity index (χ4n) is 2.55. The van der Waals surface area contributed by atoms with Crippen LogP contribution in [0.3, 0.4) is 0 Å². The molecule has 2 unspecified atom stereocenters. The van der Waals surface area contributed by atoms with Crippen molar-refractivity contribution in [3.63, 3.8) is 0 Å². The molecule has 3 N–H and O–H groups in total. The van der Waals surface area contributed by atoms with Crippen LogP contribution in [0.25, 0.3) is 0 Å². The Morgan fingerprint density at radius 2 is 1.92 bits per heavy atom. The molecule has 144 valence electrons. The molecule has 6 heteroatoms. The number of hydrogen-bond acceptors (Lipinski definition) is 3. The van der Waals surface area contributed by atoms with Crippen LogP contribution in [-0.4, -0.2) is 24.2 Å². The molecule has 2 atom stereocenters. The molecular formula is C20H30IN3O2. The SMILES string of the molecule is CCNC(=NCC(C)(O)c1ccco1)NC(C)c1ccc(CC)cc1.I. The highest BCUT2D eigenvalue weighted by molar-refractivity contribution is 14.0. The van der Waals surface area contributed by atoms with Gasteiger partial charge in [-0.3, -0.25) is 0 Å². The maximum atomic E-state index is 10.5. The van der Waals surface area contributed by atoms with Crippen molar-refractivity contribution in [1.82, 2.24) is 10.6 Å². The minimum absolute atomic E-state index is 0. The van der Waals surface area contributed by atoms with Crippen LogP contribution in [0, 0.1) is 0 Å². The predicted molar refractivity (Wildman–Crippen MR) is 117 cm³/mol. The smallest absolute Gasteiger partial charge is 0.191 e. The van der Waals surface area contributed by atoms with E-state index in [2.05, 4.69) is 53.7 Å². The van der Waals surface area contributed by atoms with Gasteiger partial charge in [-0.15, -0.1) is 24.0 Å². The molecular weight excluding hydrogens is 441 g/mol. The van der Waals surface area contributed by atoms with Gasteiger partial charge in [0.1, 0.15) is 11.4 Å². The molecule has 2 rings (SSSR count). The van der Waals surface area contributed by atoms with Gasteiger partial charge >= 0.3 is 0 Å². The van der Waals surface area contributed by atoms with Crippen molar-refractivity contribution in [1.29, 1.82) is 0 Å². The number of benzene rings is 1. The second-order valence-corrected chi connectivity index (χ2v) is 6.41. The Hall–Kier alpha value is -1.54. The van der Waals surface area contributed by atoms with Gasteiger partial charge < -0.3 is 20.2 Å². The number of guanidine groups is 1. The van der Waals surface area contributed by atoms with Gasteiger partial charge in [0.05, 0.1) is 18.8 Å². The first-order valence-corrected chi connectivity index (χ1v) is 8.86. The average molecular weight is 471 g/mol. The summed E-state index contributed by atoms with van der Waals surface area (Å²) in [5.74, 6) is 1.18. The van der Waals surface area contributed by atoms with E-state index in [1.807, 2.05) is 6.92 Å². The molecule has 0 spiro atoms. The molecule has 0 bridgehead atoms. The van der Waals surface area contributed by atoms with Crippen molar-refractivity contribution in [2.75, 3.05) is 13.1 Å². The fourth-order valence-corrected chi connectivity index (χ4v) is 2.55. The third-order valence-electron chi connectivity index (χ3n) is 4.18. The van der Waals surface area contributed by atoms with Crippen molar-refractivity contribution in [2.24, 2.45) is 4.99 Å². The van der Waals surface area contributed by atoms with Gasteiger partial charge in [-0.05, 0) is 50.5 Å². The average Bonchev–Trinajstić information content (AvgIpc) is 3.15. The topological polar surface area (TPSA) is 69.8 Å². The van der Waals surface area contributed by atoms with Crippen molar-refractivity contribution in [2.45, 2.75) is 45.8 Å². The maximum Gasteiger partial charge on any atom is 0.191 e.